The molecule has 0 amide bonds. The number of thioether (sulfide) groups is 1. The molecule has 0 N–H and O–H groups in total. The zero-order valence-electron chi connectivity index (χ0n) is 12.1. The Balaban J connectivity index is 1.75. The molecule has 0 spiro atoms. The zero-order chi connectivity index (χ0) is 15.4. The van der Waals surface area contributed by atoms with Gasteiger partial charge in [0.25, 0.3) is 0 Å². The number of nitrogens with zero attached hydrogens (tertiary/aromatic N) is 5. The van der Waals surface area contributed by atoms with Crippen molar-refractivity contribution in [1.82, 2.24) is 25.2 Å². The van der Waals surface area contributed by atoms with Crippen LogP contribution >= 0.6 is 11.8 Å². The van der Waals surface area contributed by atoms with E-state index in [9.17, 15) is 0 Å². The van der Waals surface area contributed by atoms with E-state index in [1.807, 2.05) is 37.3 Å². The molecular weight excluding hydrogens is 298 g/mol. The summed E-state index contributed by atoms with van der Waals surface area (Å²) < 4.78 is 7.54. The highest BCUT2D eigenvalue weighted by Crippen LogP contribution is 2.34. The first-order chi connectivity index (χ1) is 10.8. The molecule has 0 saturated carbocycles. The van der Waals surface area contributed by atoms with Gasteiger partial charge in [0.1, 0.15) is 0 Å². The summed E-state index contributed by atoms with van der Waals surface area (Å²) in [6.07, 6.45) is 3.50. The molecule has 0 radical (unpaired) electrons. The zero-order valence-corrected chi connectivity index (χ0v) is 12.9. The van der Waals surface area contributed by atoms with Crippen molar-refractivity contribution >= 4 is 11.8 Å². The van der Waals surface area contributed by atoms with Crippen LogP contribution in [0.4, 0.5) is 0 Å². The summed E-state index contributed by atoms with van der Waals surface area (Å²) >= 11 is 1.50. The van der Waals surface area contributed by atoms with Crippen LogP contribution in [0.5, 0.6) is 0 Å². The van der Waals surface area contributed by atoms with Crippen LogP contribution in [0.15, 0.2) is 58.8 Å². The number of oxazole rings is 1. The lowest BCUT2D eigenvalue weighted by atomic mass is 10.2. The average molecular weight is 313 g/mol. The van der Waals surface area contributed by atoms with Gasteiger partial charge in [-0.2, -0.15) is 0 Å². The molecule has 7 heteroatoms. The van der Waals surface area contributed by atoms with Gasteiger partial charge in [-0.1, -0.05) is 48.2 Å². The normalized spacial score (nSPS) is 12.2. The van der Waals surface area contributed by atoms with Gasteiger partial charge in [-0.05, 0) is 17.4 Å². The third-order valence-electron chi connectivity index (χ3n) is 3.01. The number of aromatic nitrogens is 5. The molecule has 112 valence electrons. The van der Waals surface area contributed by atoms with Crippen LogP contribution in [0, 0.1) is 0 Å². The fourth-order valence-electron chi connectivity index (χ4n) is 1.94. The fourth-order valence-corrected chi connectivity index (χ4v) is 2.78. The third-order valence-corrected chi connectivity index (χ3v) is 4.07. The van der Waals surface area contributed by atoms with Crippen LogP contribution in [0.25, 0.3) is 11.3 Å². The molecule has 0 aliphatic rings. The molecule has 2 heterocycles. The van der Waals surface area contributed by atoms with Gasteiger partial charge in [0, 0.05) is 5.56 Å². The van der Waals surface area contributed by atoms with Gasteiger partial charge in [-0.25, -0.2) is 9.67 Å². The molecule has 0 fully saturated rings. The van der Waals surface area contributed by atoms with E-state index in [4.69, 9.17) is 4.42 Å². The van der Waals surface area contributed by atoms with E-state index in [2.05, 4.69) is 27.1 Å². The second kappa shape index (κ2) is 6.57. The first-order valence-electron chi connectivity index (χ1n) is 6.83. The minimum absolute atomic E-state index is 0.00651. The minimum atomic E-state index is 0.00651. The molecule has 1 aromatic carbocycles. The lowest BCUT2D eigenvalue weighted by Crippen LogP contribution is -2.01. The van der Waals surface area contributed by atoms with E-state index < -0.39 is 0 Å². The van der Waals surface area contributed by atoms with Gasteiger partial charge < -0.3 is 4.42 Å². The van der Waals surface area contributed by atoms with Crippen molar-refractivity contribution < 1.29 is 4.42 Å². The maximum absolute atomic E-state index is 5.85. The summed E-state index contributed by atoms with van der Waals surface area (Å²) in [7, 11) is 0. The molecule has 2 aromatic heterocycles. The van der Waals surface area contributed by atoms with Gasteiger partial charge in [-0.3, -0.25) is 0 Å². The SMILES string of the molecule is C=CCn1nnnc1S[C@@H](C)c1ncc(-c2ccccc2)o1. The monoisotopic (exact) mass is 313 g/mol. The third kappa shape index (κ3) is 3.09. The molecule has 6 nitrogen and oxygen atoms in total. The Labute approximate surface area is 132 Å². The van der Waals surface area contributed by atoms with Gasteiger partial charge in [0.15, 0.2) is 5.76 Å². The van der Waals surface area contributed by atoms with E-state index >= 15 is 0 Å². The maximum Gasteiger partial charge on any atom is 0.210 e. The molecule has 3 aromatic rings. The van der Waals surface area contributed by atoms with Crippen LogP contribution in [-0.2, 0) is 6.54 Å². The number of hydrogen-bond donors (Lipinski definition) is 0. The van der Waals surface area contributed by atoms with E-state index in [-0.39, 0.29) is 5.25 Å². The van der Waals surface area contributed by atoms with E-state index in [0.29, 0.717) is 17.6 Å². The van der Waals surface area contributed by atoms with Gasteiger partial charge in [0.2, 0.25) is 11.0 Å². The van der Waals surface area contributed by atoms with Crippen molar-refractivity contribution in [3.63, 3.8) is 0 Å². The van der Waals surface area contributed by atoms with E-state index in [1.54, 1.807) is 17.0 Å². The van der Waals surface area contributed by atoms with Crippen LogP contribution < -0.4 is 0 Å². The highest BCUT2D eigenvalue weighted by Gasteiger charge is 2.18. The maximum atomic E-state index is 5.85. The van der Waals surface area contributed by atoms with Crippen LogP contribution in [0.3, 0.4) is 0 Å². The Morgan fingerprint density at radius 2 is 2.18 bits per heavy atom. The average Bonchev–Trinajstić information content (AvgIpc) is 3.19. The number of tetrazole rings is 1. The second-order valence-electron chi connectivity index (χ2n) is 4.62. The van der Waals surface area contributed by atoms with Crippen LogP contribution in [0.1, 0.15) is 18.1 Å². The summed E-state index contributed by atoms with van der Waals surface area (Å²) in [5.74, 6) is 1.41. The van der Waals surface area contributed by atoms with Crippen molar-refractivity contribution in [2.45, 2.75) is 23.9 Å². The lowest BCUT2D eigenvalue weighted by Gasteiger charge is -2.06. The predicted octanol–water partition coefficient (Wildman–Crippen LogP) is 3.37. The molecule has 0 aliphatic heterocycles. The molecule has 0 unspecified atom stereocenters. The number of allylic oxidation sites excluding steroid dienone is 1. The molecule has 0 bridgehead atoms. The Bertz CT molecular complexity index is 752. The predicted molar refractivity (Wildman–Crippen MR) is 84.2 cm³/mol. The van der Waals surface area contributed by atoms with Crippen molar-refractivity contribution in [2.24, 2.45) is 0 Å². The smallest absolute Gasteiger partial charge is 0.210 e. The standard InChI is InChI=1S/C15H15N5OS/c1-3-9-20-15(17-18-19-20)22-11(2)14-16-10-13(21-14)12-7-5-4-6-8-12/h3-8,10-11H,1,9H2,2H3/t11-/m0/s1. The fraction of sp³-hybridized carbons (Fsp3) is 0.200. The largest absolute Gasteiger partial charge is 0.440 e. The topological polar surface area (TPSA) is 69.6 Å². The minimum Gasteiger partial charge on any atom is -0.440 e. The summed E-state index contributed by atoms with van der Waals surface area (Å²) in [4.78, 5) is 4.36. The Morgan fingerprint density at radius 1 is 1.36 bits per heavy atom. The quantitative estimate of drug-likeness (QED) is 0.513. The lowest BCUT2D eigenvalue weighted by molar-refractivity contribution is 0.509. The highest BCUT2D eigenvalue weighted by molar-refractivity contribution is 7.99. The molecule has 22 heavy (non-hydrogen) atoms. The Kier molecular flexibility index (Phi) is 4.34. The number of benzene rings is 1. The van der Waals surface area contributed by atoms with Crippen LogP contribution in [-0.4, -0.2) is 25.2 Å². The van der Waals surface area contributed by atoms with Crippen molar-refractivity contribution in [1.29, 1.82) is 0 Å². The number of rotatable bonds is 6. The highest BCUT2D eigenvalue weighted by atomic mass is 32.2. The molecule has 0 saturated heterocycles. The number of hydrogen-bond acceptors (Lipinski definition) is 6. The van der Waals surface area contributed by atoms with Gasteiger partial charge >= 0.3 is 0 Å². The van der Waals surface area contributed by atoms with Crippen LogP contribution in [0.2, 0.25) is 0 Å². The van der Waals surface area contributed by atoms with Crippen molar-refractivity contribution in [3.05, 3.63) is 55.1 Å². The van der Waals surface area contributed by atoms with Crippen molar-refractivity contribution in [3.8, 4) is 11.3 Å². The first kappa shape index (κ1) is 14.5. The van der Waals surface area contributed by atoms with Crippen molar-refractivity contribution in [2.75, 3.05) is 0 Å². The van der Waals surface area contributed by atoms with E-state index in [1.165, 1.54) is 11.8 Å². The van der Waals surface area contributed by atoms with E-state index in [0.717, 1.165) is 11.3 Å². The Hall–Kier alpha value is -2.41. The summed E-state index contributed by atoms with van der Waals surface area (Å²) in [6.45, 7) is 6.28. The second-order valence-corrected chi connectivity index (χ2v) is 5.93. The molecule has 0 aliphatic carbocycles. The molecular formula is C15H15N5OS. The first-order valence-corrected chi connectivity index (χ1v) is 7.70. The van der Waals surface area contributed by atoms with Gasteiger partial charge in [0.05, 0.1) is 18.0 Å². The molecule has 3 rings (SSSR count). The summed E-state index contributed by atoms with van der Waals surface area (Å²) in [5, 5.41) is 12.3. The molecule has 1 atom stereocenters. The summed E-state index contributed by atoms with van der Waals surface area (Å²) in [6, 6.07) is 9.90. The summed E-state index contributed by atoms with van der Waals surface area (Å²) in [5.41, 5.74) is 1.01. The van der Waals surface area contributed by atoms with Gasteiger partial charge in [-0.15, -0.1) is 11.7 Å². The Morgan fingerprint density at radius 3 is 2.95 bits per heavy atom.